The highest BCUT2D eigenvalue weighted by Crippen LogP contribution is 2.19. The van der Waals surface area contributed by atoms with Gasteiger partial charge in [-0.2, -0.15) is 5.10 Å². The Bertz CT molecular complexity index is 1170. The van der Waals surface area contributed by atoms with E-state index in [0.717, 1.165) is 11.3 Å². The van der Waals surface area contributed by atoms with Gasteiger partial charge < -0.3 is 10.1 Å². The van der Waals surface area contributed by atoms with Crippen molar-refractivity contribution in [3.8, 4) is 17.0 Å². The van der Waals surface area contributed by atoms with Crippen LogP contribution in [0.2, 0.25) is 0 Å². The second-order valence-electron chi connectivity index (χ2n) is 6.71. The number of nitrogens with zero attached hydrogens (tertiary/aromatic N) is 3. The fraction of sp³-hybridized carbons (Fsp3) is 0.174. The van der Waals surface area contributed by atoms with Gasteiger partial charge in [-0.25, -0.2) is 4.68 Å². The van der Waals surface area contributed by atoms with Gasteiger partial charge in [0.25, 0.3) is 11.2 Å². The van der Waals surface area contributed by atoms with E-state index in [-0.39, 0.29) is 30.2 Å². The average Bonchev–Trinajstić information content (AvgIpc) is 2.80. The normalized spacial score (nSPS) is 10.8. The second-order valence-corrected chi connectivity index (χ2v) is 6.71. The molecule has 0 unspecified atom stereocenters. The first-order valence-corrected chi connectivity index (χ1v) is 9.98. The Labute approximate surface area is 184 Å². The molecule has 1 N–H and O–H groups in total. The number of amides is 1. The summed E-state index contributed by atoms with van der Waals surface area (Å²) in [5, 5.41) is 17.7. The Hall–Kier alpha value is -4.27. The minimum atomic E-state index is -0.485. The van der Waals surface area contributed by atoms with Gasteiger partial charge in [0.05, 0.1) is 23.8 Å². The third-order valence-corrected chi connectivity index (χ3v) is 4.48. The van der Waals surface area contributed by atoms with Crippen LogP contribution in [-0.4, -0.2) is 33.8 Å². The molecule has 1 aromatic heterocycles. The minimum absolute atomic E-state index is 0.0167. The van der Waals surface area contributed by atoms with Crippen LogP contribution in [0, 0.1) is 10.1 Å². The van der Waals surface area contributed by atoms with Crippen LogP contribution in [0.15, 0.2) is 71.5 Å². The largest absolute Gasteiger partial charge is 0.494 e. The number of nitro benzene ring substituents is 1. The summed E-state index contributed by atoms with van der Waals surface area (Å²) in [5.41, 5.74) is 1.85. The van der Waals surface area contributed by atoms with Crippen molar-refractivity contribution in [1.29, 1.82) is 0 Å². The molecule has 1 amide bonds. The molecular weight excluding hydrogens is 412 g/mol. The van der Waals surface area contributed by atoms with E-state index in [1.165, 1.54) is 29.0 Å². The highest BCUT2D eigenvalue weighted by atomic mass is 16.6. The number of benzene rings is 2. The second kappa shape index (κ2) is 10.7. The predicted octanol–water partition coefficient (Wildman–Crippen LogP) is 3.05. The van der Waals surface area contributed by atoms with Gasteiger partial charge in [0.1, 0.15) is 5.75 Å². The molecule has 0 aliphatic rings. The molecular formula is C23H22N4O5. The maximum atomic E-state index is 12.1. The van der Waals surface area contributed by atoms with Gasteiger partial charge in [-0.15, -0.1) is 0 Å². The van der Waals surface area contributed by atoms with Gasteiger partial charge in [0, 0.05) is 36.4 Å². The molecule has 3 aromatic rings. The zero-order chi connectivity index (χ0) is 22.9. The number of aromatic nitrogens is 2. The van der Waals surface area contributed by atoms with Crippen LogP contribution >= 0.6 is 0 Å². The van der Waals surface area contributed by atoms with Crippen molar-refractivity contribution in [2.24, 2.45) is 0 Å². The summed E-state index contributed by atoms with van der Waals surface area (Å²) >= 11 is 0. The highest BCUT2D eigenvalue weighted by molar-refractivity contribution is 5.91. The van der Waals surface area contributed by atoms with Crippen molar-refractivity contribution in [1.82, 2.24) is 15.1 Å². The molecule has 0 atom stereocenters. The molecule has 9 heteroatoms. The van der Waals surface area contributed by atoms with Crippen LogP contribution in [0.3, 0.4) is 0 Å². The molecule has 0 saturated heterocycles. The van der Waals surface area contributed by atoms with E-state index in [1.807, 2.05) is 31.2 Å². The summed E-state index contributed by atoms with van der Waals surface area (Å²) in [6.45, 7) is 2.91. The Morgan fingerprint density at radius 1 is 1.12 bits per heavy atom. The topological polar surface area (TPSA) is 116 Å². The summed E-state index contributed by atoms with van der Waals surface area (Å²) in [4.78, 5) is 34.3. The van der Waals surface area contributed by atoms with E-state index in [9.17, 15) is 19.7 Å². The van der Waals surface area contributed by atoms with Crippen molar-refractivity contribution in [3.63, 3.8) is 0 Å². The van der Waals surface area contributed by atoms with Gasteiger partial charge >= 0.3 is 0 Å². The number of carbonyl (C=O) groups excluding carboxylic acids is 1. The van der Waals surface area contributed by atoms with E-state index in [2.05, 4.69) is 10.4 Å². The van der Waals surface area contributed by atoms with Gasteiger partial charge in [0.2, 0.25) is 5.91 Å². The fourth-order valence-electron chi connectivity index (χ4n) is 2.87. The smallest absolute Gasteiger partial charge is 0.269 e. The van der Waals surface area contributed by atoms with Crippen LogP contribution in [0.25, 0.3) is 17.3 Å². The number of hydrogen-bond acceptors (Lipinski definition) is 6. The third kappa shape index (κ3) is 6.11. The van der Waals surface area contributed by atoms with Crippen LogP contribution in [0.4, 0.5) is 5.69 Å². The number of non-ortho nitro benzene ring substituents is 1. The van der Waals surface area contributed by atoms with Crippen molar-refractivity contribution in [3.05, 3.63) is 92.8 Å². The molecule has 0 aliphatic heterocycles. The van der Waals surface area contributed by atoms with Crippen LogP contribution in [0.1, 0.15) is 12.5 Å². The lowest BCUT2D eigenvalue weighted by Crippen LogP contribution is -2.31. The molecule has 0 spiro atoms. The van der Waals surface area contributed by atoms with Crippen molar-refractivity contribution < 1.29 is 14.5 Å². The van der Waals surface area contributed by atoms with Gasteiger partial charge in [-0.3, -0.25) is 19.7 Å². The van der Waals surface area contributed by atoms with Crippen LogP contribution < -0.4 is 15.6 Å². The maximum Gasteiger partial charge on any atom is 0.269 e. The number of nitrogens with one attached hydrogen (secondary N) is 1. The first-order valence-electron chi connectivity index (χ1n) is 9.98. The lowest BCUT2D eigenvalue weighted by atomic mass is 10.1. The molecule has 0 radical (unpaired) electrons. The quantitative estimate of drug-likeness (QED) is 0.314. The van der Waals surface area contributed by atoms with Gasteiger partial charge in [-0.05, 0) is 61.0 Å². The highest BCUT2D eigenvalue weighted by Gasteiger charge is 2.05. The first kappa shape index (κ1) is 22.4. The summed E-state index contributed by atoms with van der Waals surface area (Å²) in [5.74, 6) is 0.410. The lowest BCUT2D eigenvalue weighted by Gasteiger charge is -2.08. The number of hydrogen-bond donors (Lipinski definition) is 1. The number of carbonyl (C=O) groups is 1. The Morgan fingerprint density at radius 3 is 2.50 bits per heavy atom. The van der Waals surface area contributed by atoms with Crippen molar-refractivity contribution in [2.75, 3.05) is 13.2 Å². The monoisotopic (exact) mass is 434 g/mol. The number of rotatable bonds is 9. The zero-order valence-corrected chi connectivity index (χ0v) is 17.4. The minimum Gasteiger partial charge on any atom is -0.494 e. The van der Waals surface area contributed by atoms with Crippen molar-refractivity contribution >= 4 is 17.7 Å². The van der Waals surface area contributed by atoms with Gasteiger partial charge in [-0.1, -0.05) is 0 Å². The summed E-state index contributed by atoms with van der Waals surface area (Å²) in [6.07, 6.45) is 2.88. The molecule has 0 bridgehead atoms. The number of nitro groups is 1. The predicted molar refractivity (Wildman–Crippen MR) is 120 cm³/mol. The number of ether oxygens (including phenoxy) is 1. The van der Waals surface area contributed by atoms with E-state index in [4.69, 9.17) is 4.74 Å². The SMILES string of the molecule is CCOc1ccc(-c2ccc(=O)n(CCNC(=O)/C=C/c3ccc([N+](=O)[O-])cc3)n2)cc1. The van der Waals surface area contributed by atoms with Crippen LogP contribution in [-0.2, 0) is 11.3 Å². The lowest BCUT2D eigenvalue weighted by molar-refractivity contribution is -0.384. The molecule has 0 aliphatic carbocycles. The van der Waals surface area contributed by atoms with E-state index in [0.29, 0.717) is 17.9 Å². The Balaban J connectivity index is 1.57. The molecule has 9 nitrogen and oxygen atoms in total. The molecule has 32 heavy (non-hydrogen) atoms. The zero-order valence-electron chi connectivity index (χ0n) is 17.4. The molecule has 164 valence electrons. The maximum absolute atomic E-state index is 12.1. The Morgan fingerprint density at radius 2 is 1.84 bits per heavy atom. The Kier molecular flexibility index (Phi) is 7.47. The standard InChI is InChI=1S/C23H22N4O5/c1-2-32-20-10-6-18(7-11-20)21-12-14-23(29)26(25-21)16-15-24-22(28)13-5-17-3-8-19(9-4-17)27(30)31/h3-14H,2,15-16H2,1H3,(H,24,28)/b13-5+. The molecule has 0 fully saturated rings. The van der Waals surface area contributed by atoms with E-state index >= 15 is 0 Å². The summed E-state index contributed by atoms with van der Waals surface area (Å²) in [6, 6.07) is 16.4. The van der Waals surface area contributed by atoms with E-state index < -0.39 is 4.92 Å². The fourth-order valence-corrected chi connectivity index (χ4v) is 2.87. The van der Waals surface area contributed by atoms with Gasteiger partial charge in [0.15, 0.2) is 0 Å². The first-order chi connectivity index (χ1) is 15.5. The molecule has 0 saturated carbocycles. The molecule has 2 aromatic carbocycles. The van der Waals surface area contributed by atoms with Crippen LogP contribution in [0.5, 0.6) is 5.75 Å². The summed E-state index contributed by atoms with van der Waals surface area (Å²) in [7, 11) is 0. The van der Waals surface area contributed by atoms with Crippen molar-refractivity contribution in [2.45, 2.75) is 13.5 Å². The third-order valence-electron chi connectivity index (χ3n) is 4.48. The summed E-state index contributed by atoms with van der Waals surface area (Å²) < 4.78 is 6.73. The molecule has 1 heterocycles. The van der Waals surface area contributed by atoms with E-state index in [1.54, 1.807) is 24.3 Å². The molecule has 3 rings (SSSR count). The average molecular weight is 434 g/mol.